The molecule has 1 N–H and O–H groups in total. The van der Waals surface area contributed by atoms with Crippen molar-refractivity contribution in [1.82, 2.24) is 0 Å². The normalized spacial score (nSPS) is 12.2. The minimum atomic E-state index is -4.11. The molecule has 0 heterocycles. The fourth-order valence-corrected chi connectivity index (χ4v) is 1.72. The van der Waals surface area contributed by atoms with Gasteiger partial charge in [-0.1, -0.05) is 32.9 Å². The molecule has 0 aliphatic carbocycles. The Labute approximate surface area is 113 Å². The van der Waals surface area contributed by atoms with Crippen LogP contribution in [0.2, 0.25) is 0 Å². The van der Waals surface area contributed by atoms with Crippen molar-refractivity contribution in [2.45, 2.75) is 26.2 Å². The Bertz CT molecular complexity index is 537. The molecule has 1 aromatic carbocycles. The number of ether oxygens (including phenoxy) is 1. The summed E-state index contributed by atoms with van der Waals surface area (Å²) in [7, 11) is -4.11. The maximum absolute atomic E-state index is 11.6. The van der Waals surface area contributed by atoms with E-state index in [0.29, 0.717) is 5.56 Å². The van der Waals surface area contributed by atoms with Gasteiger partial charge in [0.25, 0.3) is 10.1 Å². The monoisotopic (exact) mass is 286 g/mol. The second-order valence-electron chi connectivity index (χ2n) is 5.25. The van der Waals surface area contributed by atoms with Crippen molar-refractivity contribution in [1.29, 1.82) is 0 Å². The summed E-state index contributed by atoms with van der Waals surface area (Å²) in [5.41, 5.74) is 1.43. The maximum atomic E-state index is 11.6. The van der Waals surface area contributed by atoms with Gasteiger partial charge in [0.2, 0.25) is 0 Å². The van der Waals surface area contributed by atoms with E-state index in [0.717, 1.165) is 5.56 Å². The van der Waals surface area contributed by atoms with E-state index in [-0.39, 0.29) is 12.0 Å². The summed E-state index contributed by atoms with van der Waals surface area (Å²) in [6.45, 7) is 5.82. The number of esters is 1. The average Bonchev–Trinajstić information content (AvgIpc) is 2.26. The van der Waals surface area contributed by atoms with Crippen LogP contribution in [0.5, 0.6) is 0 Å². The second kappa shape index (κ2) is 5.71. The van der Waals surface area contributed by atoms with Gasteiger partial charge >= 0.3 is 5.97 Å². The topological polar surface area (TPSA) is 80.7 Å². The first-order valence-electron chi connectivity index (χ1n) is 5.82. The van der Waals surface area contributed by atoms with Crippen LogP contribution in [0.1, 0.15) is 36.7 Å². The molecule has 5 nitrogen and oxygen atoms in total. The van der Waals surface area contributed by atoms with E-state index >= 15 is 0 Å². The number of carbonyl (C=O) groups is 1. The summed E-state index contributed by atoms with van der Waals surface area (Å²) in [5.74, 6) is -1.21. The van der Waals surface area contributed by atoms with E-state index in [1.165, 1.54) is 0 Å². The quantitative estimate of drug-likeness (QED) is 0.676. The third kappa shape index (κ3) is 5.40. The number of carbonyl (C=O) groups excluding carboxylic acids is 1. The van der Waals surface area contributed by atoms with Gasteiger partial charge in [0.15, 0.2) is 0 Å². The second-order valence-corrected chi connectivity index (χ2v) is 6.82. The first-order valence-corrected chi connectivity index (χ1v) is 7.43. The van der Waals surface area contributed by atoms with E-state index in [2.05, 4.69) is 20.8 Å². The summed E-state index contributed by atoms with van der Waals surface area (Å²) in [4.78, 5) is 11.6. The highest BCUT2D eigenvalue weighted by Gasteiger charge is 2.15. The van der Waals surface area contributed by atoms with Gasteiger partial charge < -0.3 is 4.74 Å². The highest BCUT2D eigenvalue weighted by Crippen LogP contribution is 2.22. The fraction of sp³-hybridized carbons (Fsp3) is 0.462. The molecule has 0 aliphatic heterocycles. The number of hydrogen-bond acceptors (Lipinski definition) is 4. The highest BCUT2D eigenvalue weighted by molar-refractivity contribution is 7.85. The smallest absolute Gasteiger partial charge is 0.338 e. The molecule has 0 saturated carbocycles. The zero-order valence-corrected chi connectivity index (χ0v) is 12.0. The predicted molar refractivity (Wildman–Crippen MR) is 71.8 cm³/mol. The van der Waals surface area contributed by atoms with Gasteiger partial charge in [-0.25, -0.2) is 4.79 Å². The Kier molecular flexibility index (Phi) is 4.70. The standard InChI is InChI=1S/C13H18O5S/c1-13(2,3)11-6-4-10(5-7-11)12(14)18-8-9-19(15,16)17/h4-7H,8-9H2,1-3H3,(H,15,16,17). The van der Waals surface area contributed by atoms with E-state index in [9.17, 15) is 13.2 Å². The average molecular weight is 286 g/mol. The SMILES string of the molecule is CC(C)(C)c1ccc(C(=O)OCCS(=O)(=O)O)cc1. The van der Waals surface area contributed by atoms with E-state index in [4.69, 9.17) is 9.29 Å². The molecule has 0 amide bonds. The lowest BCUT2D eigenvalue weighted by molar-refractivity contribution is 0.0528. The lowest BCUT2D eigenvalue weighted by atomic mass is 9.87. The van der Waals surface area contributed by atoms with Crippen molar-refractivity contribution in [3.05, 3.63) is 35.4 Å². The van der Waals surface area contributed by atoms with Crippen molar-refractivity contribution >= 4 is 16.1 Å². The fourth-order valence-electron chi connectivity index (χ4n) is 1.43. The molecule has 0 unspecified atom stereocenters. The van der Waals surface area contributed by atoms with Crippen LogP contribution in [-0.4, -0.2) is 31.3 Å². The summed E-state index contributed by atoms with van der Waals surface area (Å²) in [5, 5.41) is 0. The number of hydrogen-bond donors (Lipinski definition) is 1. The molecule has 1 aromatic rings. The molecule has 0 saturated heterocycles. The van der Waals surface area contributed by atoms with Crippen LogP contribution >= 0.6 is 0 Å². The van der Waals surface area contributed by atoms with Crippen molar-refractivity contribution in [3.8, 4) is 0 Å². The minimum absolute atomic E-state index is 0.00655. The molecule has 0 bridgehead atoms. The zero-order chi connectivity index (χ0) is 14.7. The molecule has 1 rings (SSSR count). The van der Waals surface area contributed by atoms with Crippen LogP contribution in [0.15, 0.2) is 24.3 Å². The van der Waals surface area contributed by atoms with Gasteiger partial charge in [-0.15, -0.1) is 0 Å². The van der Waals surface area contributed by atoms with Crippen molar-refractivity contribution in [2.24, 2.45) is 0 Å². The lowest BCUT2D eigenvalue weighted by Gasteiger charge is -2.18. The van der Waals surface area contributed by atoms with Gasteiger partial charge in [-0.3, -0.25) is 4.55 Å². The largest absolute Gasteiger partial charge is 0.461 e. The molecular weight excluding hydrogens is 268 g/mol. The highest BCUT2D eigenvalue weighted by atomic mass is 32.2. The first-order chi connectivity index (χ1) is 8.59. The molecular formula is C13H18O5S. The van der Waals surface area contributed by atoms with E-state index in [1.807, 2.05) is 12.1 Å². The Balaban J connectivity index is 2.64. The molecule has 19 heavy (non-hydrogen) atoms. The van der Waals surface area contributed by atoms with Crippen LogP contribution < -0.4 is 0 Å². The zero-order valence-electron chi connectivity index (χ0n) is 11.2. The van der Waals surface area contributed by atoms with Gasteiger partial charge in [0.05, 0.1) is 5.56 Å². The van der Waals surface area contributed by atoms with E-state index in [1.54, 1.807) is 12.1 Å². The molecule has 0 aromatic heterocycles. The lowest BCUT2D eigenvalue weighted by Crippen LogP contribution is -2.15. The Hall–Kier alpha value is -1.40. The van der Waals surface area contributed by atoms with Crippen molar-refractivity contribution in [3.63, 3.8) is 0 Å². The Morgan fingerprint density at radius 3 is 2.16 bits per heavy atom. The summed E-state index contributed by atoms with van der Waals surface area (Å²) in [6, 6.07) is 6.94. The molecule has 0 atom stereocenters. The van der Waals surface area contributed by atoms with Crippen LogP contribution in [0.25, 0.3) is 0 Å². The minimum Gasteiger partial charge on any atom is -0.461 e. The predicted octanol–water partition coefficient (Wildman–Crippen LogP) is 2.03. The van der Waals surface area contributed by atoms with Gasteiger partial charge in [-0.2, -0.15) is 8.42 Å². The van der Waals surface area contributed by atoms with Gasteiger partial charge in [0.1, 0.15) is 12.4 Å². The number of rotatable bonds is 4. The molecule has 0 fully saturated rings. The van der Waals surface area contributed by atoms with Crippen LogP contribution in [-0.2, 0) is 20.3 Å². The molecule has 106 valence electrons. The maximum Gasteiger partial charge on any atom is 0.338 e. The molecule has 0 aliphatic rings. The molecule has 0 radical (unpaired) electrons. The van der Waals surface area contributed by atoms with Gasteiger partial charge in [-0.05, 0) is 23.1 Å². The molecule has 6 heteroatoms. The Morgan fingerprint density at radius 2 is 1.74 bits per heavy atom. The third-order valence-corrected chi connectivity index (χ3v) is 3.24. The first kappa shape index (κ1) is 15.7. The van der Waals surface area contributed by atoms with Gasteiger partial charge in [0, 0.05) is 0 Å². The third-order valence-electron chi connectivity index (χ3n) is 2.56. The van der Waals surface area contributed by atoms with Crippen molar-refractivity contribution < 1.29 is 22.5 Å². The Morgan fingerprint density at radius 1 is 1.21 bits per heavy atom. The summed E-state index contributed by atoms with van der Waals surface area (Å²) >= 11 is 0. The van der Waals surface area contributed by atoms with Crippen LogP contribution in [0, 0.1) is 0 Å². The summed E-state index contributed by atoms with van der Waals surface area (Å²) < 4.78 is 34.2. The van der Waals surface area contributed by atoms with Crippen LogP contribution in [0.4, 0.5) is 0 Å². The molecule has 0 spiro atoms. The summed E-state index contributed by atoms with van der Waals surface area (Å²) in [6.07, 6.45) is 0. The van der Waals surface area contributed by atoms with Crippen LogP contribution in [0.3, 0.4) is 0 Å². The number of benzene rings is 1. The van der Waals surface area contributed by atoms with E-state index < -0.39 is 21.8 Å². The van der Waals surface area contributed by atoms with Crippen molar-refractivity contribution in [2.75, 3.05) is 12.4 Å².